The minimum absolute atomic E-state index is 0.103. The van der Waals surface area contributed by atoms with Gasteiger partial charge < -0.3 is 9.47 Å². The lowest BCUT2D eigenvalue weighted by Gasteiger charge is -2.46. The smallest absolute Gasteiger partial charge is 0.168 e. The van der Waals surface area contributed by atoms with Gasteiger partial charge in [0.05, 0.1) is 13.2 Å². The fraction of sp³-hybridized carbons (Fsp3) is 1.00. The molecule has 3 aliphatic rings. The normalized spacial score (nSPS) is 37.1. The van der Waals surface area contributed by atoms with Crippen LogP contribution in [0.5, 0.6) is 0 Å². The predicted molar refractivity (Wildman–Crippen MR) is 40.2 cm³/mol. The molecule has 0 unspecified atom stereocenters. The van der Waals surface area contributed by atoms with Gasteiger partial charge in [-0.1, -0.05) is 0 Å². The van der Waals surface area contributed by atoms with Crippen molar-refractivity contribution in [3.63, 3.8) is 0 Å². The van der Waals surface area contributed by atoms with Crippen molar-refractivity contribution in [2.24, 2.45) is 5.41 Å². The van der Waals surface area contributed by atoms with E-state index in [1.165, 1.54) is 19.3 Å². The Kier molecular flexibility index (Phi) is 1.06. The van der Waals surface area contributed by atoms with Gasteiger partial charge >= 0.3 is 0 Å². The maximum atomic E-state index is 5.76. The van der Waals surface area contributed by atoms with Crippen molar-refractivity contribution >= 4 is 0 Å². The van der Waals surface area contributed by atoms with Crippen molar-refractivity contribution in [2.45, 2.75) is 37.9 Å². The van der Waals surface area contributed by atoms with Crippen molar-refractivity contribution in [1.29, 1.82) is 0 Å². The van der Waals surface area contributed by atoms with E-state index in [-0.39, 0.29) is 5.79 Å². The zero-order chi connectivity index (χ0) is 7.36. The van der Waals surface area contributed by atoms with Crippen molar-refractivity contribution in [3.05, 3.63) is 0 Å². The van der Waals surface area contributed by atoms with E-state index in [0.29, 0.717) is 5.41 Å². The number of ether oxygens (including phenoxy) is 2. The molecule has 2 nitrogen and oxygen atoms in total. The number of rotatable bonds is 0. The molecule has 0 bridgehead atoms. The Labute approximate surface area is 66.9 Å². The summed E-state index contributed by atoms with van der Waals surface area (Å²) in [7, 11) is 0. The van der Waals surface area contributed by atoms with E-state index < -0.39 is 0 Å². The van der Waals surface area contributed by atoms with Crippen LogP contribution in [0.4, 0.5) is 0 Å². The summed E-state index contributed by atoms with van der Waals surface area (Å²) in [5, 5.41) is 0. The van der Waals surface area contributed by atoms with E-state index in [2.05, 4.69) is 0 Å². The van der Waals surface area contributed by atoms with Crippen LogP contribution >= 0.6 is 0 Å². The summed E-state index contributed by atoms with van der Waals surface area (Å²) in [4.78, 5) is 0. The van der Waals surface area contributed by atoms with Crippen LogP contribution < -0.4 is 0 Å². The van der Waals surface area contributed by atoms with E-state index >= 15 is 0 Å². The highest BCUT2D eigenvalue weighted by molar-refractivity contribution is 4.98. The van der Waals surface area contributed by atoms with Crippen LogP contribution in [0, 0.1) is 5.41 Å². The van der Waals surface area contributed by atoms with E-state index in [1.54, 1.807) is 0 Å². The summed E-state index contributed by atoms with van der Waals surface area (Å²) >= 11 is 0. The molecule has 2 spiro atoms. The van der Waals surface area contributed by atoms with Gasteiger partial charge in [-0.15, -0.1) is 0 Å². The zero-order valence-electron chi connectivity index (χ0n) is 6.77. The largest absolute Gasteiger partial charge is 0.349 e. The molecule has 1 aliphatic heterocycles. The first kappa shape index (κ1) is 6.44. The molecule has 62 valence electrons. The Balaban J connectivity index is 1.68. The van der Waals surface area contributed by atoms with Crippen molar-refractivity contribution in [2.75, 3.05) is 13.2 Å². The van der Waals surface area contributed by atoms with Crippen molar-refractivity contribution < 1.29 is 9.47 Å². The van der Waals surface area contributed by atoms with Gasteiger partial charge in [-0.05, 0) is 19.3 Å². The van der Waals surface area contributed by atoms with E-state index in [0.717, 1.165) is 26.1 Å². The molecular formula is C9H14O2. The van der Waals surface area contributed by atoms with Crippen LogP contribution in [0.15, 0.2) is 0 Å². The topological polar surface area (TPSA) is 18.5 Å². The molecule has 11 heavy (non-hydrogen) atoms. The molecule has 3 rings (SSSR count). The third-order valence-electron chi connectivity index (χ3n) is 3.36. The maximum absolute atomic E-state index is 5.76. The zero-order valence-corrected chi connectivity index (χ0v) is 6.77. The SMILES string of the molecule is C1CC2(C1)OCC1(CC1)CO2. The molecule has 1 heterocycles. The Bertz CT molecular complexity index is 168. The quantitative estimate of drug-likeness (QED) is 0.528. The molecule has 2 saturated carbocycles. The molecule has 2 aliphatic carbocycles. The van der Waals surface area contributed by atoms with Crippen LogP contribution in [0.3, 0.4) is 0 Å². The molecule has 0 aromatic carbocycles. The van der Waals surface area contributed by atoms with Gasteiger partial charge in [0.25, 0.3) is 0 Å². The van der Waals surface area contributed by atoms with E-state index in [4.69, 9.17) is 9.47 Å². The van der Waals surface area contributed by atoms with Gasteiger partial charge in [0.2, 0.25) is 0 Å². The molecular weight excluding hydrogens is 140 g/mol. The summed E-state index contributed by atoms with van der Waals surface area (Å²) in [5.41, 5.74) is 0.473. The monoisotopic (exact) mass is 154 g/mol. The van der Waals surface area contributed by atoms with Crippen LogP contribution in [0.2, 0.25) is 0 Å². The molecule has 0 atom stereocenters. The van der Waals surface area contributed by atoms with Gasteiger partial charge in [-0.25, -0.2) is 0 Å². The van der Waals surface area contributed by atoms with Crippen molar-refractivity contribution in [3.8, 4) is 0 Å². The highest BCUT2D eigenvalue weighted by Gasteiger charge is 2.53. The first-order chi connectivity index (χ1) is 5.33. The van der Waals surface area contributed by atoms with Gasteiger partial charge in [0.1, 0.15) is 0 Å². The van der Waals surface area contributed by atoms with Crippen LogP contribution in [0.1, 0.15) is 32.1 Å². The Hall–Kier alpha value is -0.0800. The fourth-order valence-electron chi connectivity index (χ4n) is 1.87. The lowest BCUT2D eigenvalue weighted by Crippen LogP contribution is -2.49. The van der Waals surface area contributed by atoms with Gasteiger partial charge in [-0.2, -0.15) is 0 Å². The fourth-order valence-corrected chi connectivity index (χ4v) is 1.87. The third-order valence-corrected chi connectivity index (χ3v) is 3.36. The molecule has 0 radical (unpaired) electrons. The Morgan fingerprint density at radius 2 is 1.45 bits per heavy atom. The molecule has 0 N–H and O–H groups in total. The highest BCUT2D eigenvalue weighted by atomic mass is 16.7. The summed E-state index contributed by atoms with van der Waals surface area (Å²) in [5.74, 6) is -0.103. The summed E-state index contributed by atoms with van der Waals surface area (Å²) in [6, 6.07) is 0. The van der Waals surface area contributed by atoms with Crippen molar-refractivity contribution in [1.82, 2.24) is 0 Å². The summed E-state index contributed by atoms with van der Waals surface area (Å²) in [6.45, 7) is 1.93. The first-order valence-electron chi connectivity index (χ1n) is 4.61. The van der Waals surface area contributed by atoms with Crippen LogP contribution in [0.25, 0.3) is 0 Å². The Morgan fingerprint density at radius 3 is 1.82 bits per heavy atom. The predicted octanol–water partition coefficient (Wildman–Crippen LogP) is 1.69. The summed E-state index contributed by atoms with van der Waals surface area (Å²) < 4.78 is 11.5. The lowest BCUT2D eigenvalue weighted by molar-refractivity contribution is -0.321. The second-order valence-electron chi connectivity index (χ2n) is 4.34. The molecule has 0 aromatic heterocycles. The van der Waals surface area contributed by atoms with Gasteiger partial charge in [0.15, 0.2) is 5.79 Å². The minimum atomic E-state index is -0.103. The average Bonchev–Trinajstić information content (AvgIpc) is 2.69. The molecule has 0 aromatic rings. The third kappa shape index (κ3) is 0.859. The molecule has 0 amide bonds. The molecule has 3 fully saturated rings. The van der Waals surface area contributed by atoms with E-state index in [1.807, 2.05) is 0 Å². The maximum Gasteiger partial charge on any atom is 0.168 e. The Morgan fingerprint density at radius 1 is 0.818 bits per heavy atom. The molecule has 2 heteroatoms. The van der Waals surface area contributed by atoms with Crippen LogP contribution in [-0.2, 0) is 9.47 Å². The highest BCUT2D eigenvalue weighted by Crippen LogP contribution is 2.53. The average molecular weight is 154 g/mol. The second-order valence-corrected chi connectivity index (χ2v) is 4.34. The van der Waals surface area contributed by atoms with Gasteiger partial charge in [-0.3, -0.25) is 0 Å². The number of hydrogen-bond acceptors (Lipinski definition) is 2. The second kappa shape index (κ2) is 1.80. The minimum Gasteiger partial charge on any atom is -0.349 e. The lowest BCUT2D eigenvalue weighted by atomic mass is 9.89. The standard InChI is InChI=1S/C9H14O2/c1-2-9(3-1)10-6-8(4-5-8)7-11-9/h1-7H2. The first-order valence-corrected chi connectivity index (χ1v) is 4.61. The van der Waals surface area contributed by atoms with Crippen LogP contribution in [-0.4, -0.2) is 19.0 Å². The summed E-state index contributed by atoms with van der Waals surface area (Å²) in [6.07, 6.45) is 6.19. The van der Waals surface area contributed by atoms with Gasteiger partial charge in [0, 0.05) is 18.3 Å². The number of hydrogen-bond donors (Lipinski definition) is 0. The van der Waals surface area contributed by atoms with E-state index in [9.17, 15) is 0 Å². The molecule has 1 saturated heterocycles.